The predicted octanol–water partition coefficient (Wildman–Crippen LogP) is 4.20. The van der Waals surface area contributed by atoms with Crippen molar-refractivity contribution in [1.82, 2.24) is 5.32 Å². The second kappa shape index (κ2) is 9.13. The fraction of sp³-hybridized carbons (Fsp3) is 0.222. The van der Waals surface area contributed by atoms with Crippen LogP contribution in [-0.2, 0) is 9.53 Å². The molecule has 0 radical (unpaired) electrons. The van der Waals surface area contributed by atoms with Gasteiger partial charge in [0.2, 0.25) is 5.91 Å². The SMILES string of the molecule is O=C(NC[C@@H]1C[C@@H]1C(=O)Nc1ccc(O)cc1C(=O)O)OCC1c2ccccc2-c2ccccc21. The number of carboxylic acids is 1. The lowest BCUT2D eigenvalue weighted by Gasteiger charge is -2.14. The number of phenols is 1. The number of aromatic carboxylic acids is 1. The molecule has 4 N–H and O–H groups in total. The Labute approximate surface area is 201 Å². The molecule has 2 amide bonds. The van der Waals surface area contributed by atoms with Gasteiger partial charge < -0.3 is 25.6 Å². The molecule has 1 fully saturated rings. The molecule has 0 bridgehead atoms. The van der Waals surface area contributed by atoms with Crippen molar-refractivity contribution in [2.45, 2.75) is 12.3 Å². The number of rotatable bonds is 7. The van der Waals surface area contributed by atoms with Crippen LogP contribution in [0.1, 0.15) is 33.8 Å². The van der Waals surface area contributed by atoms with Crippen LogP contribution in [0.2, 0.25) is 0 Å². The van der Waals surface area contributed by atoms with E-state index in [0.717, 1.165) is 28.3 Å². The maximum absolute atomic E-state index is 12.5. The summed E-state index contributed by atoms with van der Waals surface area (Å²) in [6.45, 7) is 0.503. The highest BCUT2D eigenvalue weighted by Crippen LogP contribution is 2.44. The molecule has 3 aromatic carbocycles. The van der Waals surface area contributed by atoms with E-state index in [0.29, 0.717) is 6.42 Å². The Hall–Kier alpha value is -4.33. The second-order valence-corrected chi connectivity index (χ2v) is 8.83. The van der Waals surface area contributed by atoms with Gasteiger partial charge in [-0.25, -0.2) is 9.59 Å². The molecule has 0 unspecified atom stereocenters. The van der Waals surface area contributed by atoms with Crippen molar-refractivity contribution in [2.24, 2.45) is 11.8 Å². The Morgan fingerprint density at radius 3 is 2.26 bits per heavy atom. The largest absolute Gasteiger partial charge is 0.508 e. The van der Waals surface area contributed by atoms with E-state index in [1.807, 2.05) is 24.3 Å². The lowest BCUT2D eigenvalue weighted by molar-refractivity contribution is -0.117. The molecular weight excluding hydrogens is 448 g/mol. The van der Waals surface area contributed by atoms with E-state index in [-0.39, 0.29) is 53.8 Å². The molecule has 0 spiro atoms. The first-order valence-electron chi connectivity index (χ1n) is 11.4. The molecule has 0 heterocycles. The number of hydrogen-bond donors (Lipinski definition) is 4. The fourth-order valence-electron chi connectivity index (χ4n) is 4.70. The fourth-order valence-corrected chi connectivity index (χ4v) is 4.70. The Kier molecular flexibility index (Phi) is 5.86. The molecule has 0 aliphatic heterocycles. The van der Waals surface area contributed by atoms with Crippen molar-refractivity contribution in [3.63, 3.8) is 0 Å². The molecule has 2 aliphatic carbocycles. The van der Waals surface area contributed by atoms with Crippen LogP contribution in [0.3, 0.4) is 0 Å². The monoisotopic (exact) mass is 472 g/mol. The Morgan fingerprint density at radius 2 is 1.60 bits per heavy atom. The van der Waals surface area contributed by atoms with Crippen molar-refractivity contribution in [1.29, 1.82) is 0 Å². The Morgan fingerprint density at radius 1 is 0.943 bits per heavy atom. The van der Waals surface area contributed by atoms with E-state index in [2.05, 4.69) is 34.9 Å². The molecule has 5 rings (SSSR count). The number of aromatic hydroxyl groups is 1. The highest BCUT2D eigenvalue weighted by Gasteiger charge is 2.43. The van der Waals surface area contributed by atoms with E-state index >= 15 is 0 Å². The number of carboxylic acid groups (broad SMARTS) is 1. The van der Waals surface area contributed by atoms with Gasteiger partial charge in [-0.1, -0.05) is 48.5 Å². The van der Waals surface area contributed by atoms with Gasteiger partial charge in [0.1, 0.15) is 12.4 Å². The van der Waals surface area contributed by atoms with Gasteiger partial charge >= 0.3 is 12.1 Å². The van der Waals surface area contributed by atoms with Gasteiger partial charge in [-0.15, -0.1) is 0 Å². The first-order chi connectivity index (χ1) is 16.9. The summed E-state index contributed by atoms with van der Waals surface area (Å²) in [5.41, 5.74) is 4.51. The van der Waals surface area contributed by atoms with Gasteiger partial charge in [-0.05, 0) is 52.8 Å². The number of alkyl carbamates (subject to hydrolysis) is 1. The second-order valence-electron chi connectivity index (χ2n) is 8.83. The quantitative estimate of drug-likeness (QED) is 0.382. The average Bonchev–Trinajstić information content (AvgIpc) is 3.57. The summed E-state index contributed by atoms with van der Waals surface area (Å²) < 4.78 is 5.52. The number of carbonyl (C=O) groups is 3. The van der Waals surface area contributed by atoms with Gasteiger partial charge in [0.25, 0.3) is 0 Å². The van der Waals surface area contributed by atoms with Crippen molar-refractivity contribution < 1.29 is 29.3 Å². The van der Waals surface area contributed by atoms with E-state index < -0.39 is 12.1 Å². The zero-order valence-corrected chi connectivity index (χ0v) is 18.7. The Balaban J connectivity index is 1.12. The van der Waals surface area contributed by atoms with E-state index in [4.69, 9.17) is 4.74 Å². The third kappa shape index (κ3) is 4.55. The molecule has 2 atom stereocenters. The average molecular weight is 472 g/mol. The lowest BCUT2D eigenvalue weighted by Crippen LogP contribution is -2.29. The number of ether oxygens (including phenoxy) is 1. The molecule has 8 heteroatoms. The number of anilines is 1. The minimum absolute atomic E-state index is 0.0265. The van der Waals surface area contributed by atoms with Crippen LogP contribution >= 0.6 is 0 Å². The molecule has 0 aromatic heterocycles. The summed E-state index contributed by atoms with van der Waals surface area (Å²) in [6, 6.07) is 20.0. The van der Waals surface area contributed by atoms with Gasteiger partial charge in [-0.2, -0.15) is 0 Å². The molecule has 35 heavy (non-hydrogen) atoms. The normalized spacial score (nSPS) is 17.7. The van der Waals surface area contributed by atoms with Crippen LogP contribution in [-0.4, -0.2) is 41.3 Å². The number of benzene rings is 3. The first-order valence-corrected chi connectivity index (χ1v) is 11.4. The molecule has 0 saturated heterocycles. The molecule has 8 nitrogen and oxygen atoms in total. The standard InChI is InChI=1S/C27H24N2O6/c30-16-9-10-24(22(12-16)26(32)33)29-25(31)21-11-15(21)13-28-27(34)35-14-23-19-7-3-1-5-17(19)18-6-2-4-8-20(18)23/h1-10,12,15,21,23,30H,11,13-14H2,(H,28,34)(H,29,31)(H,32,33)/t15-,21-/m0/s1. The van der Waals surface area contributed by atoms with Crippen LogP contribution in [0.5, 0.6) is 5.75 Å². The lowest BCUT2D eigenvalue weighted by atomic mass is 9.98. The summed E-state index contributed by atoms with van der Waals surface area (Å²) in [5.74, 6) is -2.18. The number of phenolic OH excluding ortho intramolecular Hbond substituents is 1. The van der Waals surface area contributed by atoms with Crippen LogP contribution in [0.4, 0.5) is 10.5 Å². The minimum atomic E-state index is -1.25. The van der Waals surface area contributed by atoms with Gasteiger partial charge in [-0.3, -0.25) is 4.79 Å². The number of nitrogens with one attached hydrogen (secondary N) is 2. The summed E-state index contributed by atoms with van der Waals surface area (Å²) in [5, 5.41) is 24.1. The summed E-state index contributed by atoms with van der Waals surface area (Å²) in [7, 11) is 0. The van der Waals surface area contributed by atoms with Crippen molar-refractivity contribution in [3.05, 3.63) is 83.4 Å². The summed E-state index contributed by atoms with van der Waals surface area (Å²) in [6.07, 6.45) is 0.0420. The molecular formula is C27H24N2O6. The number of fused-ring (bicyclic) bond motifs is 3. The number of hydrogen-bond acceptors (Lipinski definition) is 5. The van der Waals surface area contributed by atoms with E-state index in [1.54, 1.807) is 0 Å². The maximum atomic E-state index is 12.5. The number of amides is 2. The van der Waals surface area contributed by atoms with Crippen molar-refractivity contribution >= 4 is 23.7 Å². The highest BCUT2D eigenvalue weighted by molar-refractivity contribution is 6.02. The summed E-state index contributed by atoms with van der Waals surface area (Å²) in [4.78, 5) is 36.2. The first kappa shape index (κ1) is 22.5. The zero-order valence-electron chi connectivity index (χ0n) is 18.7. The topological polar surface area (TPSA) is 125 Å². The maximum Gasteiger partial charge on any atom is 0.407 e. The number of carbonyl (C=O) groups excluding carboxylic acids is 2. The third-order valence-corrected chi connectivity index (χ3v) is 6.60. The van der Waals surface area contributed by atoms with E-state index in [1.165, 1.54) is 12.1 Å². The van der Waals surface area contributed by atoms with E-state index in [9.17, 15) is 24.6 Å². The van der Waals surface area contributed by atoms with Crippen LogP contribution in [0.15, 0.2) is 66.7 Å². The molecule has 1 saturated carbocycles. The molecule has 178 valence electrons. The van der Waals surface area contributed by atoms with Crippen molar-refractivity contribution in [2.75, 3.05) is 18.5 Å². The highest BCUT2D eigenvalue weighted by atomic mass is 16.5. The van der Waals surface area contributed by atoms with Crippen LogP contribution < -0.4 is 10.6 Å². The van der Waals surface area contributed by atoms with Crippen molar-refractivity contribution in [3.8, 4) is 16.9 Å². The molecule has 2 aliphatic rings. The smallest absolute Gasteiger partial charge is 0.407 e. The Bertz CT molecular complexity index is 1280. The van der Waals surface area contributed by atoms with Crippen LogP contribution in [0.25, 0.3) is 11.1 Å². The third-order valence-electron chi connectivity index (χ3n) is 6.60. The zero-order chi connectivity index (χ0) is 24.5. The van der Waals surface area contributed by atoms with Gasteiger partial charge in [0, 0.05) is 18.4 Å². The minimum Gasteiger partial charge on any atom is -0.508 e. The van der Waals surface area contributed by atoms with Crippen LogP contribution in [0, 0.1) is 11.8 Å². The predicted molar refractivity (Wildman–Crippen MR) is 128 cm³/mol. The van der Waals surface area contributed by atoms with Gasteiger partial charge in [0.05, 0.1) is 11.3 Å². The molecule has 3 aromatic rings. The summed E-state index contributed by atoms with van der Waals surface area (Å²) >= 11 is 0. The van der Waals surface area contributed by atoms with Gasteiger partial charge in [0.15, 0.2) is 0 Å².